The summed E-state index contributed by atoms with van der Waals surface area (Å²) in [5.41, 5.74) is 3.77. The molecule has 0 aliphatic rings. The highest BCUT2D eigenvalue weighted by Gasteiger charge is 2.17. The van der Waals surface area contributed by atoms with E-state index in [0.717, 1.165) is 23.4 Å². The third-order valence-electron chi connectivity index (χ3n) is 2.99. The molecule has 1 heterocycles. The van der Waals surface area contributed by atoms with Gasteiger partial charge in [0, 0.05) is 12.6 Å². The zero-order chi connectivity index (χ0) is 13.3. The average Bonchev–Trinajstić information content (AvgIpc) is 2.53. The summed E-state index contributed by atoms with van der Waals surface area (Å²) in [6, 6.07) is 8.12. The maximum atomic E-state index is 10.3. The van der Waals surface area contributed by atoms with E-state index in [1.807, 2.05) is 32.2 Å². The first-order chi connectivity index (χ1) is 8.49. The summed E-state index contributed by atoms with van der Waals surface area (Å²) in [6.07, 6.45) is 0.797. The smallest absolute Gasteiger partial charge is 0.164 e. The van der Waals surface area contributed by atoms with Crippen molar-refractivity contribution in [2.45, 2.75) is 27.2 Å². The van der Waals surface area contributed by atoms with Gasteiger partial charge in [0.05, 0.1) is 0 Å². The monoisotopic (exact) mass is 244 g/mol. The van der Waals surface area contributed by atoms with Crippen LogP contribution >= 0.6 is 0 Å². The number of nitrogens with zero attached hydrogens (tertiary/aromatic N) is 2. The first-order valence-electron chi connectivity index (χ1n) is 6.31. The van der Waals surface area contributed by atoms with Gasteiger partial charge in [-0.15, -0.1) is 0 Å². The van der Waals surface area contributed by atoms with Crippen molar-refractivity contribution in [3.63, 3.8) is 0 Å². The minimum atomic E-state index is 0.316. The quantitative estimate of drug-likeness (QED) is 0.899. The fraction of sp³-hybridized carbons (Fsp3) is 0.400. The van der Waals surface area contributed by atoms with Gasteiger partial charge in [0.1, 0.15) is 11.4 Å². The molecule has 3 heteroatoms. The average molecular weight is 244 g/mol. The van der Waals surface area contributed by atoms with Gasteiger partial charge in [-0.2, -0.15) is 5.10 Å². The van der Waals surface area contributed by atoms with Crippen LogP contribution in [0.25, 0.3) is 11.3 Å². The van der Waals surface area contributed by atoms with Crippen molar-refractivity contribution in [2.24, 2.45) is 13.0 Å². The van der Waals surface area contributed by atoms with Gasteiger partial charge in [-0.25, -0.2) is 0 Å². The van der Waals surface area contributed by atoms with Crippen LogP contribution in [0.2, 0.25) is 0 Å². The molecule has 0 unspecified atom stereocenters. The van der Waals surface area contributed by atoms with E-state index in [2.05, 4.69) is 25.0 Å². The number of aryl methyl sites for hydroxylation is 2. The normalized spacial score (nSPS) is 11.2. The molecule has 1 aromatic heterocycles. The minimum Gasteiger partial charge on any atom is -0.504 e. The standard InChI is InChI=1S/C15H20N2O/c1-10(2)8-13-15(18)14(17(4)16-13)12-7-5-6-11(3)9-12/h5-7,9-10,18H,8H2,1-4H3. The molecule has 0 saturated heterocycles. The molecule has 18 heavy (non-hydrogen) atoms. The number of aromatic hydroxyl groups is 1. The predicted octanol–water partition coefficient (Wildman–Crippen LogP) is 3.30. The fourth-order valence-electron chi connectivity index (χ4n) is 2.21. The Morgan fingerprint density at radius 2 is 2.06 bits per heavy atom. The van der Waals surface area contributed by atoms with Crippen LogP contribution in [0.5, 0.6) is 5.75 Å². The number of rotatable bonds is 3. The Morgan fingerprint density at radius 1 is 1.33 bits per heavy atom. The third-order valence-corrected chi connectivity index (χ3v) is 2.99. The lowest BCUT2D eigenvalue weighted by atomic mass is 10.0. The van der Waals surface area contributed by atoms with Crippen LogP contribution in [0.1, 0.15) is 25.1 Å². The van der Waals surface area contributed by atoms with Crippen LogP contribution < -0.4 is 0 Å². The van der Waals surface area contributed by atoms with E-state index < -0.39 is 0 Å². The van der Waals surface area contributed by atoms with Crippen LogP contribution in [-0.2, 0) is 13.5 Å². The van der Waals surface area contributed by atoms with E-state index in [4.69, 9.17) is 0 Å². The molecular weight excluding hydrogens is 224 g/mol. The summed E-state index contributed by atoms with van der Waals surface area (Å²) in [6.45, 7) is 6.30. The Kier molecular flexibility index (Phi) is 3.41. The van der Waals surface area contributed by atoms with Crippen molar-refractivity contribution >= 4 is 0 Å². The van der Waals surface area contributed by atoms with Crippen molar-refractivity contribution in [3.05, 3.63) is 35.5 Å². The highest BCUT2D eigenvalue weighted by atomic mass is 16.3. The van der Waals surface area contributed by atoms with Gasteiger partial charge in [-0.1, -0.05) is 37.6 Å². The van der Waals surface area contributed by atoms with Crippen molar-refractivity contribution in [3.8, 4) is 17.0 Å². The molecule has 0 aliphatic carbocycles. The zero-order valence-corrected chi connectivity index (χ0v) is 11.4. The van der Waals surface area contributed by atoms with Crippen LogP contribution in [0.3, 0.4) is 0 Å². The molecule has 1 N–H and O–H groups in total. The van der Waals surface area contributed by atoms with Gasteiger partial charge in [0.2, 0.25) is 0 Å². The largest absolute Gasteiger partial charge is 0.504 e. The maximum absolute atomic E-state index is 10.3. The molecular formula is C15H20N2O. The molecule has 0 aliphatic heterocycles. The summed E-state index contributed by atoms with van der Waals surface area (Å²) in [5, 5.41) is 14.7. The van der Waals surface area contributed by atoms with Gasteiger partial charge < -0.3 is 5.11 Å². The molecule has 96 valence electrons. The summed E-state index contributed by atoms with van der Waals surface area (Å²) in [4.78, 5) is 0. The SMILES string of the molecule is Cc1cccc(-c2c(O)c(CC(C)C)nn2C)c1. The summed E-state index contributed by atoms with van der Waals surface area (Å²) in [7, 11) is 1.88. The van der Waals surface area contributed by atoms with Crippen molar-refractivity contribution < 1.29 is 5.11 Å². The molecule has 2 aromatic rings. The van der Waals surface area contributed by atoms with E-state index in [0.29, 0.717) is 11.7 Å². The summed E-state index contributed by atoms with van der Waals surface area (Å²) in [5.74, 6) is 0.799. The van der Waals surface area contributed by atoms with Gasteiger partial charge >= 0.3 is 0 Å². The Labute approximate surface area is 108 Å². The maximum Gasteiger partial charge on any atom is 0.164 e. The van der Waals surface area contributed by atoms with Crippen LogP contribution in [0, 0.1) is 12.8 Å². The fourth-order valence-corrected chi connectivity index (χ4v) is 2.21. The van der Waals surface area contributed by atoms with Crippen molar-refractivity contribution in [2.75, 3.05) is 0 Å². The molecule has 3 nitrogen and oxygen atoms in total. The third kappa shape index (κ3) is 2.40. The number of hydrogen-bond acceptors (Lipinski definition) is 2. The number of hydrogen-bond donors (Lipinski definition) is 1. The van der Waals surface area contributed by atoms with Crippen LogP contribution in [0.4, 0.5) is 0 Å². The van der Waals surface area contributed by atoms with Crippen molar-refractivity contribution in [1.29, 1.82) is 0 Å². The topological polar surface area (TPSA) is 38.1 Å². The van der Waals surface area contributed by atoms with E-state index in [9.17, 15) is 5.11 Å². The van der Waals surface area contributed by atoms with Crippen molar-refractivity contribution in [1.82, 2.24) is 9.78 Å². The molecule has 0 atom stereocenters. The lowest BCUT2D eigenvalue weighted by molar-refractivity contribution is 0.464. The van der Waals surface area contributed by atoms with E-state index >= 15 is 0 Å². The molecule has 0 amide bonds. The zero-order valence-electron chi connectivity index (χ0n) is 11.4. The Balaban J connectivity index is 2.48. The van der Waals surface area contributed by atoms with E-state index in [1.54, 1.807) is 4.68 Å². The summed E-state index contributed by atoms with van der Waals surface area (Å²) >= 11 is 0. The van der Waals surface area contributed by atoms with E-state index in [-0.39, 0.29) is 0 Å². The minimum absolute atomic E-state index is 0.316. The Hall–Kier alpha value is -1.77. The first kappa shape index (κ1) is 12.7. The number of aromatic nitrogens is 2. The second-order valence-corrected chi connectivity index (χ2v) is 5.23. The Bertz CT molecular complexity index is 556. The van der Waals surface area contributed by atoms with Crippen LogP contribution in [0.15, 0.2) is 24.3 Å². The highest BCUT2D eigenvalue weighted by Crippen LogP contribution is 2.33. The molecule has 0 radical (unpaired) electrons. The first-order valence-corrected chi connectivity index (χ1v) is 6.31. The number of benzene rings is 1. The summed E-state index contributed by atoms with van der Waals surface area (Å²) < 4.78 is 1.77. The second-order valence-electron chi connectivity index (χ2n) is 5.23. The molecule has 2 rings (SSSR count). The second kappa shape index (κ2) is 4.84. The van der Waals surface area contributed by atoms with Gasteiger partial charge in [-0.3, -0.25) is 4.68 Å². The van der Waals surface area contributed by atoms with Crippen LogP contribution in [-0.4, -0.2) is 14.9 Å². The molecule has 1 aromatic carbocycles. The molecule has 0 bridgehead atoms. The lowest BCUT2D eigenvalue weighted by Crippen LogP contribution is -1.97. The predicted molar refractivity (Wildman–Crippen MR) is 73.6 cm³/mol. The molecule has 0 spiro atoms. The molecule has 0 fully saturated rings. The van der Waals surface area contributed by atoms with Gasteiger partial charge in [-0.05, 0) is 25.3 Å². The Morgan fingerprint density at radius 3 is 2.67 bits per heavy atom. The highest BCUT2D eigenvalue weighted by molar-refractivity contribution is 5.68. The lowest BCUT2D eigenvalue weighted by Gasteiger charge is -2.04. The van der Waals surface area contributed by atoms with Gasteiger partial charge in [0.25, 0.3) is 0 Å². The molecule has 0 saturated carbocycles. The van der Waals surface area contributed by atoms with Gasteiger partial charge in [0.15, 0.2) is 5.75 Å². The van der Waals surface area contributed by atoms with E-state index in [1.165, 1.54) is 5.56 Å².